The van der Waals surface area contributed by atoms with E-state index in [2.05, 4.69) is 45.2 Å². The van der Waals surface area contributed by atoms with Crippen LogP contribution in [0.2, 0.25) is 0 Å². The van der Waals surface area contributed by atoms with E-state index in [9.17, 15) is 0 Å². The van der Waals surface area contributed by atoms with Crippen LogP contribution in [0, 0.1) is 11.8 Å². The Morgan fingerprint density at radius 3 is 2.56 bits per heavy atom. The van der Waals surface area contributed by atoms with Crippen LogP contribution in [0.1, 0.15) is 33.1 Å². The summed E-state index contributed by atoms with van der Waals surface area (Å²) in [6, 6.07) is 0. The fourth-order valence-electron chi connectivity index (χ4n) is 2.66. The predicted octanol–water partition coefficient (Wildman–Crippen LogP) is 2.73. The molecule has 1 saturated carbocycles. The number of aromatic nitrogens is 2. The normalized spacial score (nSPS) is 27.9. The van der Waals surface area contributed by atoms with Crippen molar-refractivity contribution < 1.29 is 4.74 Å². The number of rotatable bonds is 3. The molecule has 3 N–H and O–H groups in total. The number of hydrogen-bond donors (Lipinski definition) is 2. The monoisotopic (exact) mass is 314 g/mol. The van der Waals surface area contributed by atoms with Crippen molar-refractivity contribution in [3.05, 3.63) is 10.8 Å². The van der Waals surface area contributed by atoms with E-state index in [4.69, 9.17) is 10.6 Å². The Morgan fingerprint density at radius 1 is 1.28 bits per heavy atom. The molecule has 100 valence electrons. The molecule has 2 atom stereocenters. The van der Waals surface area contributed by atoms with E-state index >= 15 is 0 Å². The van der Waals surface area contributed by atoms with Crippen LogP contribution in [0.4, 0.5) is 5.82 Å². The third kappa shape index (κ3) is 3.11. The zero-order valence-electron chi connectivity index (χ0n) is 10.7. The molecule has 0 aromatic carbocycles. The Labute approximate surface area is 116 Å². The minimum atomic E-state index is 0.223. The fourth-order valence-corrected chi connectivity index (χ4v) is 3.08. The number of nitrogens with one attached hydrogen (secondary N) is 1. The Kier molecular flexibility index (Phi) is 4.40. The Morgan fingerprint density at radius 2 is 1.94 bits per heavy atom. The molecule has 1 aromatic heterocycles. The van der Waals surface area contributed by atoms with Crippen LogP contribution < -0.4 is 16.0 Å². The molecule has 1 fully saturated rings. The van der Waals surface area contributed by atoms with E-state index in [0.29, 0.717) is 28.0 Å². The van der Waals surface area contributed by atoms with Gasteiger partial charge in [0.1, 0.15) is 16.9 Å². The van der Waals surface area contributed by atoms with Gasteiger partial charge in [-0.3, -0.25) is 0 Å². The second-order valence-corrected chi connectivity index (χ2v) is 5.94. The maximum absolute atomic E-state index is 5.98. The van der Waals surface area contributed by atoms with E-state index in [1.165, 1.54) is 12.7 Å². The first-order valence-electron chi connectivity index (χ1n) is 6.24. The molecule has 0 bridgehead atoms. The highest BCUT2D eigenvalue weighted by Gasteiger charge is 2.26. The lowest BCUT2D eigenvalue weighted by Crippen LogP contribution is -2.29. The van der Waals surface area contributed by atoms with Gasteiger partial charge in [0.25, 0.3) is 0 Å². The zero-order chi connectivity index (χ0) is 13.1. The van der Waals surface area contributed by atoms with Gasteiger partial charge >= 0.3 is 0 Å². The van der Waals surface area contributed by atoms with Crippen LogP contribution in [0.5, 0.6) is 5.88 Å². The lowest BCUT2D eigenvalue weighted by molar-refractivity contribution is 0.0958. The standard InChI is InChI=1S/C12H19BrN4O/c1-7-3-8(2)5-9(4-7)18-12-10(13)11(17-14)15-6-16-12/h6-9H,3-5,14H2,1-2H3,(H,15,16,17). The van der Waals surface area contributed by atoms with Gasteiger partial charge in [-0.1, -0.05) is 13.8 Å². The molecule has 2 unspecified atom stereocenters. The molecule has 1 aliphatic rings. The summed E-state index contributed by atoms with van der Waals surface area (Å²) in [5, 5.41) is 0. The number of nitrogen functional groups attached to an aromatic ring is 1. The van der Waals surface area contributed by atoms with Crippen molar-refractivity contribution in [2.75, 3.05) is 5.43 Å². The molecule has 1 aliphatic carbocycles. The summed E-state index contributed by atoms with van der Waals surface area (Å²) in [5.41, 5.74) is 2.51. The number of nitrogens with two attached hydrogens (primary N) is 1. The molecule has 18 heavy (non-hydrogen) atoms. The van der Waals surface area contributed by atoms with Crippen LogP contribution in [0.15, 0.2) is 10.8 Å². The minimum absolute atomic E-state index is 0.223. The number of halogens is 1. The van der Waals surface area contributed by atoms with E-state index in [0.717, 1.165) is 12.8 Å². The van der Waals surface area contributed by atoms with Gasteiger partial charge in [-0.2, -0.15) is 0 Å². The molecule has 5 nitrogen and oxygen atoms in total. The third-order valence-corrected chi connectivity index (χ3v) is 4.02. The highest BCUT2D eigenvalue weighted by atomic mass is 79.9. The average Bonchev–Trinajstić information content (AvgIpc) is 2.30. The van der Waals surface area contributed by atoms with Crippen molar-refractivity contribution in [2.45, 2.75) is 39.2 Å². The fraction of sp³-hybridized carbons (Fsp3) is 0.667. The van der Waals surface area contributed by atoms with Crippen molar-refractivity contribution in [1.82, 2.24) is 9.97 Å². The zero-order valence-corrected chi connectivity index (χ0v) is 12.3. The summed E-state index contributed by atoms with van der Waals surface area (Å²) in [6.07, 6.45) is 5.10. The third-order valence-electron chi connectivity index (χ3n) is 3.31. The highest BCUT2D eigenvalue weighted by molar-refractivity contribution is 9.10. The van der Waals surface area contributed by atoms with Crippen LogP contribution in [0.3, 0.4) is 0 Å². The van der Waals surface area contributed by atoms with Gasteiger partial charge in [0.15, 0.2) is 5.82 Å². The first-order valence-corrected chi connectivity index (χ1v) is 7.03. The molecule has 1 aromatic rings. The molecular formula is C12H19BrN4O. The SMILES string of the molecule is CC1CC(C)CC(Oc2ncnc(NN)c2Br)C1. The number of hydrogen-bond acceptors (Lipinski definition) is 5. The minimum Gasteiger partial charge on any atom is -0.473 e. The molecular weight excluding hydrogens is 296 g/mol. The summed E-state index contributed by atoms with van der Waals surface area (Å²) >= 11 is 3.41. The summed E-state index contributed by atoms with van der Waals surface area (Å²) in [4.78, 5) is 8.16. The summed E-state index contributed by atoms with van der Waals surface area (Å²) in [6.45, 7) is 4.54. The number of ether oxygens (including phenoxy) is 1. The highest BCUT2D eigenvalue weighted by Crippen LogP contribution is 2.34. The van der Waals surface area contributed by atoms with Crippen molar-refractivity contribution in [1.29, 1.82) is 0 Å². The van der Waals surface area contributed by atoms with Crippen LogP contribution in [-0.2, 0) is 0 Å². The van der Waals surface area contributed by atoms with E-state index in [1.54, 1.807) is 0 Å². The Bertz CT molecular complexity index is 405. The van der Waals surface area contributed by atoms with Gasteiger partial charge in [-0.25, -0.2) is 15.8 Å². The van der Waals surface area contributed by atoms with Gasteiger partial charge in [-0.05, 0) is 47.0 Å². The van der Waals surface area contributed by atoms with E-state index in [1.807, 2.05) is 0 Å². The van der Waals surface area contributed by atoms with Crippen molar-refractivity contribution in [3.63, 3.8) is 0 Å². The predicted molar refractivity (Wildman–Crippen MR) is 74.1 cm³/mol. The van der Waals surface area contributed by atoms with E-state index < -0.39 is 0 Å². The molecule has 0 spiro atoms. The number of anilines is 1. The van der Waals surface area contributed by atoms with Crippen molar-refractivity contribution in [2.24, 2.45) is 17.7 Å². The molecule has 0 radical (unpaired) electrons. The number of hydrazine groups is 1. The molecule has 2 rings (SSSR count). The van der Waals surface area contributed by atoms with Crippen molar-refractivity contribution >= 4 is 21.7 Å². The van der Waals surface area contributed by atoms with Gasteiger partial charge in [0.05, 0.1) is 0 Å². The second kappa shape index (κ2) is 5.84. The topological polar surface area (TPSA) is 73.1 Å². The molecule has 6 heteroatoms. The first-order chi connectivity index (χ1) is 8.60. The second-order valence-electron chi connectivity index (χ2n) is 5.14. The van der Waals surface area contributed by atoms with Gasteiger partial charge < -0.3 is 10.2 Å². The van der Waals surface area contributed by atoms with Crippen LogP contribution >= 0.6 is 15.9 Å². The summed E-state index contributed by atoms with van der Waals surface area (Å²) in [7, 11) is 0. The molecule has 1 heterocycles. The first kappa shape index (κ1) is 13.5. The largest absolute Gasteiger partial charge is 0.473 e. The van der Waals surface area contributed by atoms with Gasteiger partial charge in [-0.15, -0.1) is 0 Å². The lowest BCUT2D eigenvalue weighted by atomic mass is 9.82. The quantitative estimate of drug-likeness (QED) is 0.663. The smallest absolute Gasteiger partial charge is 0.233 e. The summed E-state index contributed by atoms with van der Waals surface area (Å²) < 4.78 is 6.65. The molecule has 0 amide bonds. The molecule has 0 saturated heterocycles. The van der Waals surface area contributed by atoms with E-state index in [-0.39, 0.29) is 6.10 Å². The molecule has 0 aliphatic heterocycles. The lowest BCUT2D eigenvalue weighted by Gasteiger charge is -2.31. The van der Waals surface area contributed by atoms with Crippen LogP contribution in [-0.4, -0.2) is 16.1 Å². The van der Waals surface area contributed by atoms with Crippen LogP contribution in [0.25, 0.3) is 0 Å². The summed E-state index contributed by atoms with van der Waals surface area (Å²) in [5.74, 6) is 7.87. The average molecular weight is 315 g/mol. The van der Waals surface area contributed by atoms with Gasteiger partial charge in [0.2, 0.25) is 5.88 Å². The Balaban J connectivity index is 2.09. The van der Waals surface area contributed by atoms with Crippen molar-refractivity contribution in [3.8, 4) is 5.88 Å². The Hall–Kier alpha value is -0.880. The maximum atomic E-state index is 5.98. The number of nitrogens with zero attached hydrogens (tertiary/aromatic N) is 2. The maximum Gasteiger partial charge on any atom is 0.233 e. The van der Waals surface area contributed by atoms with Gasteiger partial charge in [0, 0.05) is 0 Å².